The fraction of sp³-hybridized carbons (Fsp3) is 0.571. The van der Waals surface area contributed by atoms with Crippen molar-refractivity contribution in [3.8, 4) is 0 Å². The molecule has 0 aromatic heterocycles. The number of carbonyl (C=O) groups excluding carboxylic acids is 3. The van der Waals surface area contributed by atoms with E-state index in [2.05, 4.69) is 5.32 Å². The number of hydrogen-bond donors (Lipinski definition) is 1. The van der Waals surface area contributed by atoms with Crippen LogP contribution in [0.2, 0.25) is 0 Å². The maximum Gasteiger partial charge on any atom is 0.326 e. The fourth-order valence-corrected chi connectivity index (χ4v) is 3.81. The predicted octanol–water partition coefficient (Wildman–Crippen LogP) is 2.52. The molecule has 0 atom stereocenters. The summed E-state index contributed by atoms with van der Waals surface area (Å²) in [5.74, 6) is -0.832. The van der Waals surface area contributed by atoms with Gasteiger partial charge in [-0.3, -0.25) is 14.4 Å². The van der Waals surface area contributed by atoms with Crippen LogP contribution in [0, 0.1) is 0 Å². The number of benzene rings is 1. The third kappa shape index (κ3) is 5.08. The molecule has 1 heterocycles. The molecule has 1 N–H and O–H groups in total. The monoisotopic (exact) mass is 372 g/mol. The van der Waals surface area contributed by atoms with Crippen LogP contribution >= 0.6 is 0 Å². The molecule has 1 aliphatic carbocycles. The largest absolute Gasteiger partial charge is 0.454 e. The fourth-order valence-electron chi connectivity index (χ4n) is 3.81. The van der Waals surface area contributed by atoms with E-state index in [1.165, 1.54) is 0 Å². The lowest BCUT2D eigenvalue weighted by Crippen LogP contribution is -2.52. The van der Waals surface area contributed by atoms with Crippen LogP contribution in [0.25, 0.3) is 0 Å². The van der Waals surface area contributed by atoms with E-state index in [9.17, 15) is 14.4 Å². The van der Waals surface area contributed by atoms with Crippen LogP contribution in [0.5, 0.6) is 0 Å². The molecule has 1 saturated carbocycles. The van der Waals surface area contributed by atoms with Gasteiger partial charge in [0.2, 0.25) is 5.91 Å². The summed E-state index contributed by atoms with van der Waals surface area (Å²) in [6.07, 6.45) is 7.22. The number of nitrogens with zero attached hydrogens (tertiary/aromatic N) is 1. The lowest BCUT2D eigenvalue weighted by molar-refractivity contribution is -0.153. The number of ether oxygens (including phenoxy) is 1. The highest BCUT2D eigenvalue weighted by Crippen LogP contribution is 2.41. The molecule has 6 nitrogen and oxygen atoms in total. The molecule has 146 valence electrons. The van der Waals surface area contributed by atoms with E-state index < -0.39 is 5.97 Å². The quantitative estimate of drug-likeness (QED) is 0.779. The summed E-state index contributed by atoms with van der Waals surface area (Å²) < 4.78 is 5.13. The Hall–Kier alpha value is -2.37. The molecule has 27 heavy (non-hydrogen) atoms. The number of nitrogens with one attached hydrogen (secondary N) is 1. The van der Waals surface area contributed by atoms with Gasteiger partial charge in [-0.05, 0) is 37.7 Å². The first-order valence-corrected chi connectivity index (χ1v) is 9.89. The van der Waals surface area contributed by atoms with Crippen LogP contribution in [0.4, 0.5) is 0 Å². The van der Waals surface area contributed by atoms with Gasteiger partial charge < -0.3 is 15.0 Å². The summed E-state index contributed by atoms with van der Waals surface area (Å²) in [6, 6.07) is 9.90. The van der Waals surface area contributed by atoms with E-state index in [0.717, 1.165) is 50.5 Å². The highest BCUT2D eigenvalue weighted by Gasteiger charge is 2.39. The molecule has 3 rings (SSSR count). The summed E-state index contributed by atoms with van der Waals surface area (Å²) in [4.78, 5) is 38.0. The highest BCUT2D eigenvalue weighted by atomic mass is 16.5. The first kappa shape index (κ1) is 19.4. The number of carbonyl (C=O) groups is 3. The van der Waals surface area contributed by atoms with Gasteiger partial charge in [0.15, 0.2) is 6.61 Å². The maximum atomic E-state index is 12.3. The second-order valence-corrected chi connectivity index (χ2v) is 7.49. The van der Waals surface area contributed by atoms with Crippen molar-refractivity contribution in [3.63, 3.8) is 0 Å². The first-order chi connectivity index (χ1) is 13.1. The number of esters is 1. The molecular formula is C21H28N2O4. The maximum absolute atomic E-state index is 12.3. The summed E-state index contributed by atoms with van der Waals surface area (Å²) >= 11 is 0. The van der Waals surface area contributed by atoms with Gasteiger partial charge in [-0.1, -0.05) is 43.2 Å². The zero-order valence-electron chi connectivity index (χ0n) is 15.7. The van der Waals surface area contributed by atoms with Gasteiger partial charge in [-0.15, -0.1) is 0 Å². The molecule has 1 aromatic carbocycles. The van der Waals surface area contributed by atoms with Crippen molar-refractivity contribution < 1.29 is 19.1 Å². The first-order valence-electron chi connectivity index (χ1n) is 9.89. The summed E-state index contributed by atoms with van der Waals surface area (Å²) in [5, 5.41) is 3.04. The van der Waals surface area contributed by atoms with Gasteiger partial charge in [-0.25, -0.2) is 0 Å². The summed E-state index contributed by atoms with van der Waals surface area (Å²) in [6.45, 7) is 0.197. The van der Waals surface area contributed by atoms with Gasteiger partial charge in [0.25, 0.3) is 5.91 Å². The molecule has 0 unspecified atom stereocenters. The minimum atomic E-state index is -0.526. The zero-order chi connectivity index (χ0) is 19.1. The van der Waals surface area contributed by atoms with Gasteiger partial charge in [-0.2, -0.15) is 0 Å². The van der Waals surface area contributed by atoms with E-state index in [4.69, 9.17) is 4.74 Å². The molecule has 6 heteroatoms. The molecule has 2 aliphatic rings. The van der Waals surface area contributed by atoms with Gasteiger partial charge in [0.05, 0.1) is 5.54 Å². The van der Waals surface area contributed by atoms with Crippen molar-refractivity contribution in [2.24, 2.45) is 0 Å². The number of rotatable bonds is 6. The van der Waals surface area contributed by atoms with Crippen molar-refractivity contribution in [1.82, 2.24) is 10.2 Å². The van der Waals surface area contributed by atoms with Gasteiger partial charge in [0.1, 0.15) is 6.54 Å². The average molecular weight is 372 g/mol. The van der Waals surface area contributed by atoms with Crippen molar-refractivity contribution in [2.75, 3.05) is 19.7 Å². The standard InChI is InChI=1S/C21H28N2O4/c24-18(22-21(12-8-13-21)17-9-4-3-5-10-17)16-27-20(26)15-23-14-7-2-1-6-11-19(23)25/h3-5,9-10H,1-2,6-8,11-16H2,(H,22,24). The molecule has 2 fully saturated rings. The van der Waals surface area contributed by atoms with Crippen LogP contribution in [-0.4, -0.2) is 42.4 Å². The third-order valence-electron chi connectivity index (χ3n) is 5.52. The molecular weight excluding hydrogens is 344 g/mol. The molecule has 1 saturated heterocycles. The summed E-state index contributed by atoms with van der Waals surface area (Å²) in [7, 11) is 0. The number of likely N-dealkylation sites (tertiary alicyclic amines) is 1. The van der Waals surface area contributed by atoms with E-state index in [0.29, 0.717) is 13.0 Å². The van der Waals surface area contributed by atoms with Crippen molar-refractivity contribution >= 4 is 17.8 Å². The minimum Gasteiger partial charge on any atom is -0.454 e. The SMILES string of the molecule is O=C(COC(=O)CN1CCCCCCC1=O)NC1(c2ccccc2)CCC1. The number of hydrogen-bond acceptors (Lipinski definition) is 4. The third-order valence-corrected chi connectivity index (χ3v) is 5.52. The molecule has 2 amide bonds. The van der Waals surface area contributed by atoms with Crippen molar-refractivity contribution in [3.05, 3.63) is 35.9 Å². The zero-order valence-corrected chi connectivity index (χ0v) is 15.7. The molecule has 1 aliphatic heterocycles. The van der Waals surface area contributed by atoms with Crippen LogP contribution in [0.15, 0.2) is 30.3 Å². The Morgan fingerprint density at radius 1 is 1.04 bits per heavy atom. The van der Waals surface area contributed by atoms with E-state index in [1.54, 1.807) is 4.90 Å². The van der Waals surface area contributed by atoms with E-state index in [-0.39, 0.29) is 30.5 Å². The molecule has 1 aromatic rings. The summed E-state index contributed by atoms with van der Waals surface area (Å²) in [5.41, 5.74) is 0.742. The highest BCUT2D eigenvalue weighted by molar-refractivity contribution is 5.84. The second-order valence-electron chi connectivity index (χ2n) is 7.49. The Bertz CT molecular complexity index is 670. The minimum absolute atomic E-state index is 0.00593. The van der Waals surface area contributed by atoms with Gasteiger partial charge in [0, 0.05) is 13.0 Å². The average Bonchev–Trinajstić information content (AvgIpc) is 2.63. The molecule has 0 radical (unpaired) electrons. The van der Waals surface area contributed by atoms with Gasteiger partial charge >= 0.3 is 5.97 Å². The molecule has 0 bridgehead atoms. The van der Waals surface area contributed by atoms with Crippen molar-refractivity contribution in [2.45, 2.75) is 56.9 Å². The topological polar surface area (TPSA) is 75.7 Å². The lowest BCUT2D eigenvalue weighted by atomic mass is 9.72. The molecule has 0 spiro atoms. The predicted molar refractivity (Wildman–Crippen MR) is 101 cm³/mol. The van der Waals surface area contributed by atoms with Crippen LogP contribution < -0.4 is 5.32 Å². The van der Waals surface area contributed by atoms with Crippen LogP contribution in [0.3, 0.4) is 0 Å². The Balaban J connectivity index is 1.47. The number of amides is 2. The normalized spacial score (nSPS) is 19.4. The Morgan fingerprint density at radius 2 is 1.78 bits per heavy atom. The lowest BCUT2D eigenvalue weighted by Gasteiger charge is -2.43. The Kier molecular flexibility index (Phi) is 6.48. The van der Waals surface area contributed by atoms with Crippen molar-refractivity contribution in [1.29, 1.82) is 0 Å². The smallest absolute Gasteiger partial charge is 0.326 e. The van der Waals surface area contributed by atoms with E-state index >= 15 is 0 Å². The Labute approximate surface area is 160 Å². The van der Waals surface area contributed by atoms with E-state index in [1.807, 2.05) is 30.3 Å². The second kappa shape index (κ2) is 9.02. The van der Waals surface area contributed by atoms with Crippen LogP contribution in [-0.2, 0) is 24.7 Å². The van der Waals surface area contributed by atoms with Crippen LogP contribution in [0.1, 0.15) is 56.9 Å². The Morgan fingerprint density at radius 3 is 2.48 bits per heavy atom.